The molecule has 0 radical (unpaired) electrons. The van der Waals surface area contributed by atoms with Gasteiger partial charge in [-0.25, -0.2) is 0 Å². The summed E-state index contributed by atoms with van der Waals surface area (Å²) in [4.78, 5) is 4.56. The molecule has 0 amide bonds. The summed E-state index contributed by atoms with van der Waals surface area (Å²) in [7, 11) is 0. The van der Waals surface area contributed by atoms with E-state index in [1.54, 1.807) is 0 Å². The molecule has 2 nitrogen and oxygen atoms in total. The van der Waals surface area contributed by atoms with E-state index in [-0.39, 0.29) is 5.41 Å². The number of aryl methyl sites for hydroxylation is 1. The highest BCUT2D eigenvalue weighted by Crippen LogP contribution is 2.33. The van der Waals surface area contributed by atoms with Gasteiger partial charge in [-0.3, -0.25) is 4.98 Å². The Balaban J connectivity index is 2.46. The summed E-state index contributed by atoms with van der Waals surface area (Å²) < 4.78 is 0. The summed E-state index contributed by atoms with van der Waals surface area (Å²) >= 11 is 0. The minimum atomic E-state index is 0.196. The zero-order valence-corrected chi connectivity index (χ0v) is 12.6. The van der Waals surface area contributed by atoms with Crippen LogP contribution < -0.4 is 5.32 Å². The molecular weight excluding hydrogens is 232 g/mol. The maximum atomic E-state index is 4.56. The van der Waals surface area contributed by atoms with Crippen molar-refractivity contribution in [3.8, 4) is 0 Å². The summed E-state index contributed by atoms with van der Waals surface area (Å²) in [5.74, 6) is 0. The van der Waals surface area contributed by atoms with Crippen molar-refractivity contribution in [1.29, 1.82) is 0 Å². The van der Waals surface area contributed by atoms with E-state index in [0.717, 1.165) is 17.8 Å². The molecule has 1 atom stereocenters. The van der Waals surface area contributed by atoms with Gasteiger partial charge in [0.1, 0.15) is 0 Å². The van der Waals surface area contributed by atoms with Crippen molar-refractivity contribution in [2.24, 2.45) is 5.41 Å². The summed E-state index contributed by atoms with van der Waals surface area (Å²) in [5, 5.41) is 4.81. The van der Waals surface area contributed by atoms with Crippen LogP contribution in [0.2, 0.25) is 0 Å². The molecule has 0 fully saturated rings. The third kappa shape index (κ3) is 3.13. The van der Waals surface area contributed by atoms with E-state index in [2.05, 4.69) is 68.3 Å². The van der Waals surface area contributed by atoms with Crippen LogP contribution in [-0.2, 0) is 0 Å². The number of aromatic nitrogens is 1. The Bertz CT molecular complexity index is 567. The van der Waals surface area contributed by atoms with Gasteiger partial charge in [-0.1, -0.05) is 39.8 Å². The van der Waals surface area contributed by atoms with Crippen molar-refractivity contribution < 1.29 is 0 Å². The lowest BCUT2D eigenvalue weighted by molar-refractivity contribution is 0.277. The Morgan fingerprint density at radius 3 is 2.53 bits per heavy atom. The van der Waals surface area contributed by atoms with Crippen LogP contribution in [0, 0.1) is 12.3 Å². The molecule has 0 saturated carbocycles. The number of fused-ring (bicyclic) bond motifs is 1. The van der Waals surface area contributed by atoms with E-state index >= 15 is 0 Å². The molecule has 102 valence electrons. The molecule has 0 bridgehead atoms. The molecular formula is C17H24N2. The second-order valence-corrected chi connectivity index (χ2v) is 6.26. The van der Waals surface area contributed by atoms with Crippen LogP contribution in [0.4, 0.5) is 0 Å². The normalized spacial score (nSPS) is 13.7. The molecule has 0 aliphatic rings. The second kappa shape index (κ2) is 5.30. The van der Waals surface area contributed by atoms with Crippen molar-refractivity contribution in [3.05, 3.63) is 41.6 Å². The molecule has 0 spiro atoms. The highest BCUT2D eigenvalue weighted by atomic mass is 14.9. The van der Waals surface area contributed by atoms with E-state index in [1.165, 1.54) is 10.9 Å². The average Bonchev–Trinajstić information content (AvgIpc) is 2.34. The van der Waals surface area contributed by atoms with Crippen LogP contribution in [0.3, 0.4) is 0 Å². The van der Waals surface area contributed by atoms with Crippen molar-refractivity contribution in [3.63, 3.8) is 0 Å². The molecule has 1 heterocycles. The predicted molar refractivity (Wildman–Crippen MR) is 82.4 cm³/mol. The lowest BCUT2D eigenvalue weighted by atomic mass is 9.82. The molecule has 2 heteroatoms. The lowest BCUT2D eigenvalue weighted by Gasteiger charge is -2.32. The predicted octanol–water partition coefficient (Wildman–Crippen LogP) is 4.24. The Morgan fingerprint density at radius 1 is 1.16 bits per heavy atom. The highest BCUT2D eigenvalue weighted by Gasteiger charge is 2.25. The molecule has 19 heavy (non-hydrogen) atoms. The molecule has 1 aromatic carbocycles. The van der Waals surface area contributed by atoms with E-state index in [1.807, 2.05) is 6.92 Å². The first-order chi connectivity index (χ1) is 8.91. The number of rotatable bonds is 3. The van der Waals surface area contributed by atoms with Gasteiger partial charge in [0.2, 0.25) is 0 Å². The summed E-state index contributed by atoms with van der Waals surface area (Å²) in [5.41, 5.74) is 3.68. The van der Waals surface area contributed by atoms with E-state index in [9.17, 15) is 0 Å². The smallest absolute Gasteiger partial charge is 0.0705 e. The average molecular weight is 256 g/mol. The summed E-state index contributed by atoms with van der Waals surface area (Å²) in [6.45, 7) is 12.0. The largest absolute Gasteiger partial charge is 0.310 e. The number of nitrogens with zero attached hydrogens (tertiary/aromatic N) is 1. The van der Waals surface area contributed by atoms with Crippen LogP contribution in [0.25, 0.3) is 10.9 Å². The number of hydrogen-bond donors (Lipinski definition) is 1. The third-order valence-corrected chi connectivity index (χ3v) is 3.46. The first-order valence-corrected chi connectivity index (χ1v) is 7.02. The Labute approximate surface area is 116 Å². The quantitative estimate of drug-likeness (QED) is 0.888. The zero-order chi connectivity index (χ0) is 14.0. The van der Waals surface area contributed by atoms with Crippen LogP contribution in [-0.4, -0.2) is 11.5 Å². The fourth-order valence-corrected chi connectivity index (χ4v) is 2.55. The van der Waals surface area contributed by atoms with Crippen molar-refractivity contribution >= 4 is 10.9 Å². The molecule has 1 aromatic heterocycles. The third-order valence-electron chi connectivity index (χ3n) is 3.46. The van der Waals surface area contributed by atoms with Crippen LogP contribution in [0.1, 0.15) is 45.0 Å². The lowest BCUT2D eigenvalue weighted by Crippen LogP contribution is -2.32. The fraction of sp³-hybridized carbons (Fsp3) is 0.471. The molecule has 0 aliphatic carbocycles. The van der Waals surface area contributed by atoms with Gasteiger partial charge in [0.15, 0.2) is 0 Å². The maximum absolute atomic E-state index is 4.56. The molecule has 0 saturated heterocycles. The van der Waals surface area contributed by atoms with Gasteiger partial charge in [0.05, 0.1) is 5.52 Å². The minimum Gasteiger partial charge on any atom is -0.310 e. The SMILES string of the molecule is CCNC(c1ccc2nc(C)ccc2c1)C(C)(C)C. The highest BCUT2D eigenvalue weighted by molar-refractivity contribution is 5.79. The summed E-state index contributed by atoms with van der Waals surface area (Å²) in [6.07, 6.45) is 0. The number of benzene rings is 1. The standard InChI is InChI=1S/C17H24N2/c1-6-18-16(17(3,4)5)14-9-10-15-13(11-14)8-7-12(2)19-15/h7-11,16,18H,6H2,1-5H3. The Morgan fingerprint density at radius 2 is 1.89 bits per heavy atom. The molecule has 0 aliphatic heterocycles. The van der Waals surface area contributed by atoms with E-state index in [4.69, 9.17) is 0 Å². The zero-order valence-electron chi connectivity index (χ0n) is 12.6. The Kier molecular flexibility index (Phi) is 3.91. The van der Waals surface area contributed by atoms with Crippen molar-refractivity contribution in [2.75, 3.05) is 6.54 Å². The van der Waals surface area contributed by atoms with Gasteiger partial charge >= 0.3 is 0 Å². The Hall–Kier alpha value is -1.41. The summed E-state index contributed by atoms with van der Waals surface area (Å²) in [6, 6.07) is 11.2. The van der Waals surface area contributed by atoms with Crippen molar-refractivity contribution in [1.82, 2.24) is 10.3 Å². The van der Waals surface area contributed by atoms with E-state index < -0.39 is 0 Å². The van der Waals surface area contributed by atoms with Gasteiger partial charge in [-0.05, 0) is 42.6 Å². The first-order valence-electron chi connectivity index (χ1n) is 7.02. The van der Waals surface area contributed by atoms with Gasteiger partial charge < -0.3 is 5.32 Å². The number of pyridine rings is 1. The van der Waals surface area contributed by atoms with Gasteiger partial charge in [-0.15, -0.1) is 0 Å². The first kappa shape index (κ1) is 14.0. The van der Waals surface area contributed by atoms with Gasteiger partial charge in [-0.2, -0.15) is 0 Å². The minimum absolute atomic E-state index is 0.196. The van der Waals surface area contributed by atoms with Crippen LogP contribution in [0.15, 0.2) is 30.3 Å². The molecule has 1 unspecified atom stereocenters. The van der Waals surface area contributed by atoms with Gasteiger partial charge in [0, 0.05) is 17.1 Å². The fourth-order valence-electron chi connectivity index (χ4n) is 2.55. The maximum Gasteiger partial charge on any atom is 0.0705 e. The van der Waals surface area contributed by atoms with Crippen LogP contribution >= 0.6 is 0 Å². The molecule has 2 rings (SSSR count). The second-order valence-electron chi connectivity index (χ2n) is 6.26. The van der Waals surface area contributed by atoms with Gasteiger partial charge in [0.25, 0.3) is 0 Å². The van der Waals surface area contributed by atoms with E-state index in [0.29, 0.717) is 6.04 Å². The molecule has 2 aromatic rings. The topological polar surface area (TPSA) is 24.9 Å². The number of hydrogen-bond acceptors (Lipinski definition) is 2. The van der Waals surface area contributed by atoms with Crippen molar-refractivity contribution in [2.45, 2.75) is 40.7 Å². The number of nitrogens with one attached hydrogen (secondary N) is 1. The monoisotopic (exact) mass is 256 g/mol. The molecule has 1 N–H and O–H groups in total. The van der Waals surface area contributed by atoms with Crippen LogP contribution in [0.5, 0.6) is 0 Å².